The van der Waals surface area contributed by atoms with Gasteiger partial charge >= 0.3 is 0 Å². The summed E-state index contributed by atoms with van der Waals surface area (Å²) in [6, 6.07) is 7.53. The highest BCUT2D eigenvalue weighted by Crippen LogP contribution is 2.37. The van der Waals surface area contributed by atoms with Crippen molar-refractivity contribution in [3.63, 3.8) is 0 Å². The van der Waals surface area contributed by atoms with Gasteiger partial charge in [-0.3, -0.25) is 4.98 Å². The first-order valence-electron chi connectivity index (χ1n) is 9.32. The Morgan fingerprint density at radius 1 is 1.17 bits per heavy atom. The normalized spacial score (nSPS) is 16.2. The summed E-state index contributed by atoms with van der Waals surface area (Å²) in [7, 11) is 0. The zero-order valence-electron chi connectivity index (χ0n) is 15.4. The first kappa shape index (κ1) is 17.9. The quantitative estimate of drug-likeness (QED) is 0.464. The van der Waals surface area contributed by atoms with Crippen molar-refractivity contribution >= 4 is 38.9 Å². The highest BCUT2D eigenvalue weighted by molar-refractivity contribution is 7.18. The van der Waals surface area contributed by atoms with Crippen molar-refractivity contribution in [1.82, 2.24) is 25.3 Å². The van der Waals surface area contributed by atoms with Gasteiger partial charge in [0.2, 0.25) is 0 Å². The van der Waals surface area contributed by atoms with Crippen molar-refractivity contribution in [2.45, 2.75) is 12.5 Å². The third-order valence-corrected chi connectivity index (χ3v) is 5.73. The van der Waals surface area contributed by atoms with E-state index in [1.807, 2.05) is 23.6 Å². The number of fused-ring (bicyclic) bond motifs is 1. The first-order valence-corrected chi connectivity index (χ1v) is 10.2. The molecule has 29 heavy (non-hydrogen) atoms. The fourth-order valence-electron chi connectivity index (χ4n) is 3.33. The molecule has 1 atom stereocenters. The lowest BCUT2D eigenvalue weighted by atomic mass is 10.2. The molecule has 7 nitrogen and oxygen atoms in total. The highest BCUT2D eigenvalue weighted by Gasteiger charge is 2.20. The van der Waals surface area contributed by atoms with Gasteiger partial charge < -0.3 is 16.0 Å². The zero-order valence-corrected chi connectivity index (χ0v) is 16.2. The molecule has 0 aliphatic carbocycles. The molecule has 0 saturated carbocycles. The predicted octanol–water partition coefficient (Wildman–Crippen LogP) is 3.80. The van der Waals surface area contributed by atoms with E-state index in [-0.39, 0.29) is 6.04 Å². The monoisotopic (exact) mass is 407 g/mol. The summed E-state index contributed by atoms with van der Waals surface area (Å²) in [4.78, 5) is 17.5. The molecule has 1 aliphatic heterocycles. The fraction of sp³-hybridized carbons (Fsp3) is 0.200. The zero-order chi connectivity index (χ0) is 19.6. The van der Waals surface area contributed by atoms with Crippen molar-refractivity contribution in [2.24, 2.45) is 0 Å². The Bertz CT molecular complexity index is 1140. The molecule has 1 aliphatic rings. The Labute approximate surface area is 170 Å². The Morgan fingerprint density at radius 2 is 2.14 bits per heavy atom. The Kier molecular flexibility index (Phi) is 4.74. The second kappa shape index (κ2) is 7.69. The van der Waals surface area contributed by atoms with Crippen molar-refractivity contribution in [1.29, 1.82) is 0 Å². The first-order chi connectivity index (χ1) is 14.3. The van der Waals surface area contributed by atoms with E-state index >= 15 is 0 Å². The van der Waals surface area contributed by atoms with Crippen LogP contribution in [-0.4, -0.2) is 39.1 Å². The summed E-state index contributed by atoms with van der Waals surface area (Å²) in [5.41, 5.74) is 1.87. The van der Waals surface area contributed by atoms with Crippen LogP contribution < -0.4 is 16.0 Å². The summed E-state index contributed by atoms with van der Waals surface area (Å²) in [6.45, 7) is 1.84. The molecule has 1 unspecified atom stereocenters. The number of hydrogen-bond acceptors (Lipinski definition) is 8. The maximum absolute atomic E-state index is 14.4. The number of nitrogens with one attached hydrogen (secondary N) is 3. The van der Waals surface area contributed by atoms with Crippen LogP contribution >= 0.6 is 11.3 Å². The molecule has 0 radical (unpaired) electrons. The van der Waals surface area contributed by atoms with Crippen LogP contribution in [0.4, 0.5) is 21.7 Å². The van der Waals surface area contributed by atoms with Gasteiger partial charge in [-0.2, -0.15) is 0 Å². The molecule has 5 rings (SSSR count). The topological polar surface area (TPSA) is 87.7 Å². The van der Waals surface area contributed by atoms with E-state index in [1.54, 1.807) is 29.8 Å². The molecule has 0 amide bonds. The number of pyridine rings is 2. The smallest absolute Gasteiger partial charge is 0.165 e. The van der Waals surface area contributed by atoms with Crippen LogP contribution in [-0.2, 0) is 0 Å². The van der Waals surface area contributed by atoms with Gasteiger partial charge in [0.25, 0.3) is 0 Å². The minimum atomic E-state index is -0.449. The van der Waals surface area contributed by atoms with E-state index in [0.29, 0.717) is 17.2 Å². The van der Waals surface area contributed by atoms with Crippen LogP contribution in [0.25, 0.3) is 21.6 Å². The number of aromatic nitrogens is 4. The number of hydrogen-bond donors (Lipinski definition) is 3. The number of thiophene rings is 1. The lowest BCUT2D eigenvalue weighted by Gasteiger charge is -2.14. The van der Waals surface area contributed by atoms with Gasteiger partial charge in [-0.1, -0.05) is 6.07 Å². The molecule has 0 bridgehead atoms. The summed E-state index contributed by atoms with van der Waals surface area (Å²) in [5, 5.41) is 12.1. The van der Waals surface area contributed by atoms with E-state index in [2.05, 4.69) is 35.9 Å². The summed E-state index contributed by atoms with van der Waals surface area (Å²) in [6.07, 6.45) is 5.46. The number of rotatable bonds is 5. The van der Waals surface area contributed by atoms with Crippen molar-refractivity contribution in [3.8, 4) is 11.4 Å². The lowest BCUT2D eigenvalue weighted by molar-refractivity contribution is 0.623. The minimum Gasteiger partial charge on any atom is -0.365 e. The summed E-state index contributed by atoms with van der Waals surface area (Å²) in [5.74, 6) is 1.31. The van der Waals surface area contributed by atoms with Crippen LogP contribution in [0.2, 0.25) is 0 Å². The maximum atomic E-state index is 14.4. The molecular formula is C20H18FN7S. The standard InChI is InChI=1S/C20H18FN7S/c21-14-10-23-8-5-13(14)19-27-17-15(26-16-3-1-2-6-24-16)11-29-18(17)20(28-19)25-12-4-7-22-9-12/h1-3,5-6,8,10-12,22H,4,7,9H2,(H,24,26)(H,25,27,28). The molecule has 4 aromatic heterocycles. The van der Waals surface area contributed by atoms with Crippen molar-refractivity contribution in [2.75, 3.05) is 23.7 Å². The predicted molar refractivity (Wildman–Crippen MR) is 113 cm³/mol. The number of halogens is 1. The van der Waals surface area contributed by atoms with Crippen molar-refractivity contribution in [3.05, 3.63) is 54.1 Å². The van der Waals surface area contributed by atoms with Gasteiger partial charge in [0, 0.05) is 30.4 Å². The molecule has 3 N–H and O–H groups in total. The number of nitrogens with zero attached hydrogens (tertiary/aromatic N) is 4. The Hall–Kier alpha value is -3.17. The molecule has 0 aromatic carbocycles. The Morgan fingerprint density at radius 3 is 2.93 bits per heavy atom. The third kappa shape index (κ3) is 3.62. The maximum Gasteiger partial charge on any atom is 0.165 e. The van der Waals surface area contributed by atoms with Gasteiger partial charge in [-0.25, -0.2) is 19.3 Å². The fourth-order valence-corrected chi connectivity index (χ4v) is 4.22. The molecule has 146 valence electrons. The average Bonchev–Trinajstić information content (AvgIpc) is 3.40. The van der Waals surface area contributed by atoms with E-state index < -0.39 is 5.82 Å². The van der Waals surface area contributed by atoms with E-state index in [0.717, 1.165) is 41.2 Å². The van der Waals surface area contributed by atoms with Crippen LogP contribution in [0.3, 0.4) is 0 Å². The molecule has 9 heteroatoms. The van der Waals surface area contributed by atoms with Crippen LogP contribution in [0, 0.1) is 5.82 Å². The van der Waals surface area contributed by atoms with Crippen LogP contribution in [0.15, 0.2) is 48.2 Å². The minimum absolute atomic E-state index is 0.275. The lowest BCUT2D eigenvalue weighted by Crippen LogP contribution is -2.23. The molecule has 5 heterocycles. The Balaban J connectivity index is 1.62. The van der Waals surface area contributed by atoms with E-state index in [9.17, 15) is 4.39 Å². The van der Waals surface area contributed by atoms with Crippen LogP contribution in [0.5, 0.6) is 0 Å². The average molecular weight is 407 g/mol. The van der Waals surface area contributed by atoms with Gasteiger partial charge in [0.1, 0.15) is 17.2 Å². The number of anilines is 3. The van der Waals surface area contributed by atoms with Gasteiger partial charge in [0.05, 0.1) is 22.1 Å². The summed E-state index contributed by atoms with van der Waals surface area (Å²) >= 11 is 1.55. The highest BCUT2D eigenvalue weighted by atomic mass is 32.1. The van der Waals surface area contributed by atoms with Gasteiger partial charge in [0.15, 0.2) is 11.6 Å². The van der Waals surface area contributed by atoms with Crippen molar-refractivity contribution < 1.29 is 4.39 Å². The largest absolute Gasteiger partial charge is 0.365 e. The van der Waals surface area contributed by atoms with Gasteiger partial charge in [-0.15, -0.1) is 11.3 Å². The van der Waals surface area contributed by atoms with Crippen LogP contribution in [0.1, 0.15) is 6.42 Å². The second-order valence-electron chi connectivity index (χ2n) is 6.75. The van der Waals surface area contributed by atoms with E-state index in [1.165, 1.54) is 6.20 Å². The molecule has 4 aromatic rings. The molecule has 1 fully saturated rings. The molecule has 1 saturated heterocycles. The summed E-state index contributed by atoms with van der Waals surface area (Å²) < 4.78 is 15.3. The third-order valence-electron chi connectivity index (χ3n) is 4.76. The second-order valence-corrected chi connectivity index (χ2v) is 7.63. The van der Waals surface area contributed by atoms with E-state index in [4.69, 9.17) is 0 Å². The molecule has 0 spiro atoms. The van der Waals surface area contributed by atoms with Gasteiger partial charge in [-0.05, 0) is 31.2 Å². The SMILES string of the molecule is Fc1cnccc1-c1nc(NC2CCNC2)c2scc(Nc3ccccn3)c2n1. The molecular weight excluding hydrogens is 389 g/mol.